The average Bonchev–Trinajstić information content (AvgIpc) is 3.21. The van der Waals surface area contributed by atoms with Gasteiger partial charge in [0.25, 0.3) is 16.9 Å². The van der Waals surface area contributed by atoms with Crippen molar-refractivity contribution in [3.05, 3.63) is 83.9 Å². The van der Waals surface area contributed by atoms with Crippen LogP contribution in [0.2, 0.25) is 5.02 Å². The number of thioether (sulfide) groups is 1. The zero-order chi connectivity index (χ0) is 22.1. The van der Waals surface area contributed by atoms with E-state index in [0.29, 0.717) is 15.7 Å². The molecular weight excluding hydrogens is 468 g/mol. The Morgan fingerprint density at radius 3 is 2.71 bits per heavy atom. The fraction of sp³-hybridized carbons (Fsp3) is 0.0588. The lowest BCUT2D eigenvalue weighted by Gasteiger charge is -2.02. The molecule has 0 aliphatic heterocycles. The summed E-state index contributed by atoms with van der Waals surface area (Å²) in [7, 11) is 0. The molecule has 2 heterocycles. The molecule has 0 radical (unpaired) electrons. The van der Waals surface area contributed by atoms with Gasteiger partial charge >= 0.3 is 0 Å². The molecule has 14 heteroatoms. The average molecular weight is 477 g/mol. The molecule has 2 aromatic carbocycles. The summed E-state index contributed by atoms with van der Waals surface area (Å²) in [6.45, 7) is 0. The van der Waals surface area contributed by atoms with Crippen LogP contribution in [0.1, 0.15) is 5.69 Å². The van der Waals surface area contributed by atoms with Crippen molar-refractivity contribution >= 4 is 56.2 Å². The highest BCUT2D eigenvalue weighted by molar-refractivity contribution is 8.00. The van der Waals surface area contributed by atoms with Crippen molar-refractivity contribution in [2.45, 2.75) is 10.1 Å². The van der Waals surface area contributed by atoms with Gasteiger partial charge in [-0.05, 0) is 12.1 Å². The number of nitrogens with zero attached hydrogens (tertiary/aromatic N) is 6. The van der Waals surface area contributed by atoms with Crippen molar-refractivity contribution in [3.8, 4) is 5.69 Å². The summed E-state index contributed by atoms with van der Waals surface area (Å²) in [6, 6.07) is 8.48. The van der Waals surface area contributed by atoms with E-state index in [1.165, 1.54) is 40.7 Å². The van der Waals surface area contributed by atoms with Crippen molar-refractivity contribution < 1.29 is 9.85 Å². The molecule has 0 aliphatic carbocycles. The first kappa shape index (κ1) is 20.8. The van der Waals surface area contributed by atoms with Gasteiger partial charge in [0, 0.05) is 29.0 Å². The van der Waals surface area contributed by atoms with Gasteiger partial charge in [0.15, 0.2) is 4.34 Å². The molecule has 0 saturated heterocycles. The Morgan fingerprint density at radius 1 is 1.16 bits per heavy atom. The molecule has 0 N–H and O–H groups in total. The molecule has 0 fully saturated rings. The number of non-ortho nitro benzene ring substituents is 2. The molecule has 0 bridgehead atoms. The number of hydrogen-bond donors (Lipinski definition) is 0. The smallest absolute Gasteiger partial charge is 0.267 e. The maximum Gasteiger partial charge on any atom is 0.288 e. The van der Waals surface area contributed by atoms with Crippen LogP contribution < -0.4 is 5.56 Å². The summed E-state index contributed by atoms with van der Waals surface area (Å²) in [5, 5.41) is 30.4. The largest absolute Gasteiger partial charge is 0.288 e. The molecule has 0 atom stereocenters. The SMILES string of the molecule is O=c1nc(SCc2cn(-c3cccc([N+](=O)[O-])c3)nn2)sc2c([N+](=O)[O-])cc(Cl)cc12. The molecule has 4 rings (SSSR count). The lowest BCUT2D eigenvalue weighted by Crippen LogP contribution is -2.06. The highest BCUT2D eigenvalue weighted by atomic mass is 35.5. The molecule has 0 unspecified atom stereocenters. The fourth-order valence-corrected chi connectivity index (χ4v) is 4.89. The standard InChI is InChI=1S/C17H9ClN6O5S2/c18-9-4-13-15(14(5-9)24(28)29)31-17(19-16(13)25)30-8-10-7-22(21-20-10)11-2-1-3-12(6-11)23(26)27/h1-7H,8H2. The monoisotopic (exact) mass is 476 g/mol. The van der Waals surface area contributed by atoms with Crippen LogP contribution in [-0.2, 0) is 5.75 Å². The molecule has 2 aromatic heterocycles. The van der Waals surface area contributed by atoms with E-state index in [4.69, 9.17) is 11.6 Å². The van der Waals surface area contributed by atoms with Gasteiger partial charge in [-0.15, -0.1) is 16.4 Å². The van der Waals surface area contributed by atoms with Crippen molar-refractivity contribution in [2.75, 3.05) is 0 Å². The van der Waals surface area contributed by atoms with E-state index in [1.807, 2.05) is 0 Å². The first-order valence-corrected chi connectivity index (χ1v) is 10.6. The number of aromatic nitrogens is 4. The fourth-order valence-electron chi connectivity index (χ4n) is 2.67. The second-order valence-electron chi connectivity index (χ2n) is 6.06. The number of rotatable bonds is 6. The Labute approximate surface area is 185 Å². The van der Waals surface area contributed by atoms with Crippen LogP contribution in [0.4, 0.5) is 11.4 Å². The van der Waals surface area contributed by atoms with E-state index in [1.54, 1.807) is 18.3 Å². The zero-order valence-corrected chi connectivity index (χ0v) is 17.6. The van der Waals surface area contributed by atoms with Gasteiger partial charge < -0.3 is 0 Å². The third-order valence-electron chi connectivity index (χ3n) is 4.03. The van der Waals surface area contributed by atoms with Gasteiger partial charge in [0.05, 0.1) is 32.8 Å². The summed E-state index contributed by atoms with van der Waals surface area (Å²) >= 11 is 8.06. The third-order valence-corrected chi connectivity index (χ3v) is 6.53. The van der Waals surface area contributed by atoms with Gasteiger partial charge in [-0.2, -0.15) is 4.98 Å². The van der Waals surface area contributed by atoms with Crippen LogP contribution in [0.15, 0.2) is 51.7 Å². The first-order chi connectivity index (χ1) is 14.8. The van der Waals surface area contributed by atoms with Gasteiger partial charge in [0.2, 0.25) is 0 Å². The lowest BCUT2D eigenvalue weighted by atomic mass is 10.2. The van der Waals surface area contributed by atoms with Crippen LogP contribution in [0.25, 0.3) is 15.8 Å². The predicted octanol–water partition coefficient (Wildman–Crippen LogP) is 4.00. The summed E-state index contributed by atoms with van der Waals surface area (Å²) < 4.78 is 1.91. The Bertz CT molecular complexity index is 1410. The van der Waals surface area contributed by atoms with Crippen molar-refractivity contribution in [1.29, 1.82) is 0 Å². The molecule has 11 nitrogen and oxygen atoms in total. The van der Waals surface area contributed by atoms with Crippen LogP contribution in [0.5, 0.6) is 0 Å². The van der Waals surface area contributed by atoms with E-state index in [2.05, 4.69) is 15.3 Å². The molecule has 156 valence electrons. The number of benzene rings is 2. The number of nitro groups is 2. The molecule has 4 aromatic rings. The lowest BCUT2D eigenvalue weighted by molar-refractivity contribution is -0.384. The second-order valence-corrected chi connectivity index (χ2v) is 8.72. The normalized spacial score (nSPS) is 11.0. The Balaban J connectivity index is 1.59. The van der Waals surface area contributed by atoms with Crippen molar-refractivity contribution in [3.63, 3.8) is 0 Å². The number of halogens is 1. The molecular formula is C17H9ClN6O5S2. The molecule has 31 heavy (non-hydrogen) atoms. The molecule has 0 aliphatic rings. The first-order valence-electron chi connectivity index (χ1n) is 8.39. The Kier molecular flexibility index (Phi) is 5.63. The minimum Gasteiger partial charge on any atom is -0.267 e. The van der Waals surface area contributed by atoms with E-state index in [9.17, 15) is 25.0 Å². The summed E-state index contributed by atoms with van der Waals surface area (Å²) in [6.07, 6.45) is 1.60. The number of nitro benzene ring substituents is 2. The van der Waals surface area contributed by atoms with Crippen molar-refractivity contribution in [2.24, 2.45) is 0 Å². The number of fused-ring (bicyclic) bond motifs is 1. The minimum absolute atomic E-state index is 0.0734. The van der Waals surface area contributed by atoms with E-state index >= 15 is 0 Å². The summed E-state index contributed by atoms with van der Waals surface area (Å²) in [5.41, 5.74) is 0.0610. The van der Waals surface area contributed by atoms with E-state index in [0.717, 1.165) is 11.3 Å². The topological polar surface area (TPSA) is 147 Å². The highest BCUT2D eigenvalue weighted by Crippen LogP contribution is 2.35. The van der Waals surface area contributed by atoms with Crippen LogP contribution in [0.3, 0.4) is 0 Å². The Morgan fingerprint density at radius 2 is 1.97 bits per heavy atom. The van der Waals surface area contributed by atoms with Crippen LogP contribution >= 0.6 is 34.7 Å². The zero-order valence-electron chi connectivity index (χ0n) is 15.2. The van der Waals surface area contributed by atoms with Gasteiger partial charge in [-0.25, -0.2) is 4.68 Å². The highest BCUT2D eigenvalue weighted by Gasteiger charge is 2.18. The van der Waals surface area contributed by atoms with Crippen molar-refractivity contribution in [1.82, 2.24) is 20.0 Å². The molecule has 0 spiro atoms. The maximum absolute atomic E-state index is 12.3. The molecule has 0 amide bonds. The number of hydrogen-bond acceptors (Lipinski definition) is 10. The summed E-state index contributed by atoms with van der Waals surface area (Å²) in [4.78, 5) is 37.5. The second kappa shape index (κ2) is 8.37. The quantitative estimate of drug-likeness (QED) is 0.228. The van der Waals surface area contributed by atoms with Crippen LogP contribution in [0, 0.1) is 20.2 Å². The van der Waals surface area contributed by atoms with Gasteiger partial charge in [-0.3, -0.25) is 25.0 Å². The summed E-state index contributed by atoms with van der Waals surface area (Å²) in [5.74, 6) is 0.283. The van der Waals surface area contributed by atoms with Gasteiger partial charge in [0.1, 0.15) is 4.70 Å². The molecule has 0 saturated carbocycles. The van der Waals surface area contributed by atoms with E-state index in [-0.39, 0.29) is 32.2 Å². The Hall–Kier alpha value is -3.42. The van der Waals surface area contributed by atoms with E-state index < -0.39 is 15.4 Å². The predicted molar refractivity (Wildman–Crippen MR) is 115 cm³/mol. The van der Waals surface area contributed by atoms with Crippen LogP contribution in [-0.4, -0.2) is 29.8 Å². The third kappa shape index (κ3) is 4.38. The van der Waals surface area contributed by atoms with Gasteiger partial charge in [-0.1, -0.05) is 34.6 Å². The maximum atomic E-state index is 12.3. The minimum atomic E-state index is -0.609.